The van der Waals surface area contributed by atoms with E-state index in [1.807, 2.05) is 12.1 Å². The van der Waals surface area contributed by atoms with E-state index in [2.05, 4.69) is 20.8 Å². The highest BCUT2D eigenvalue weighted by atomic mass is 32.2. The van der Waals surface area contributed by atoms with Crippen molar-refractivity contribution in [3.63, 3.8) is 0 Å². The van der Waals surface area contributed by atoms with Crippen molar-refractivity contribution in [1.29, 1.82) is 0 Å². The Morgan fingerprint density at radius 2 is 1.91 bits per heavy atom. The molecule has 0 saturated heterocycles. The van der Waals surface area contributed by atoms with Gasteiger partial charge in [-0.25, -0.2) is 0 Å². The number of furan rings is 1. The van der Waals surface area contributed by atoms with Crippen LogP contribution in [-0.4, -0.2) is 42.8 Å². The summed E-state index contributed by atoms with van der Waals surface area (Å²) in [6.45, 7) is 0.497. The fourth-order valence-corrected chi connectivity index (χ4v) is 5.16. The SMILES string of the molecule is O=C(CSc1nnc2n(CCC(=O)NC3CCCC3)c(=O)c3ccccc3n12)NCc1ccco1. The summed E-state index contributed by atoms with van der Waals surface area (Å²) in [5.41, 5.74) is 0.435. The Kier molecular flexibility index (Phi) is 6.84. The molecule has 1 aliphatic rings. The highest BCUT2D eigenvalue weighted by Crippen LogP contribution is 2.22. The summed E-state index contributed by atoms with van der Waals surface area (Å²) in [6.07, 6.45) is 6.02. The number of nitrogens with one attached hydrogen (secondary N) is 2. The van der Waals surface area contributed by atoms with Gasteiger partial charge >= 0.3 is 0 Å². The molecule has 10 nitrogen and oxygen atoms in total. The molecule has 4 aromatic rings. The lowest BCUT2D eigenvalue weighted by Crippen LogP contribution is -2.34. The van der Waals surface area contributed by atoms with Crippen LogP contribution in [0.2, 0.25) is 0 Å². The Bertz CT molecular complexity index is 1400. The van der Waals surface area contributed by atoms with Gasteiger partial charge in [0.15, 0.2) is 5.16 Å². The van der Waals surface area contributed by atoms with Crippen molar-refractivity contribution in [1.82, 2.24) is 29.8 Å². The van der Waals surface area contributed by atoms with Crippen molar-refractivity contribution >= 4 is 40.3 Å². The van der Waals surface area contributed by atoms with Crippen LogP contribution in [-0.2, 0) is 22.7 Å². The summed E-state index contributed by atoms with van der Waals surface area (Å²) in [7, 11) is 0. The first-order valence-electron chi connectivity index (χ1n) is 11.7. The van der Waals surface area contributed by atoms with Crippen molar-refractivity contribution in [3.8, 4) is 0 Å². The molecule has 5 rings (SSSR count). The lowest BCUT2D eigenvalue weighted by Gasteiger charge is -2.13. The van der Waals surface area contributed by atoms with Crippen molar-refractivity contribution in [3.05, 3.63) is 58.8 Å². The van der Waals surface area contributed by atoms with Gasteiger partial charge in [0.25, 0.3) is 5.56 Å². The molecule has 3 aromatic heterocycles. The largest absolute Gasteiger partial charge is 0.467 e. The molecule has 1 fully saturated rings. The number of benzene rings is 1. The molecule has 3 heterocycles. The second-order valence-electron chi connectivity index (χ2n) is 8.54. The van der Waals surface area contributed by atoms with Gasteiger partial charge in [-0.15, -0.1) is 10.2 Å². The predicted molar refractivity (Wildman–Crippen MR) is 131 cm³/mol. The first-order chi connectivity index (χ1) is 17.1. The molecular formula is C24H26N6O4S. The van der Waals surface area contributed by atoms with E-state index in [1.54, 1.807) is 34.9 Å². The van der Waals surface area contributed by atoms with Crippen LogP contribution in [0, 0.1) is 0 Å². The van der Waals surface area contributed by atoms with Gasteiger partial charge in [-0.05, 0) is 37.1 Å². The number of aromatic nitrogens is 4. The molecule has 2 N–H and O–H groups in total. The summed E-state index contributed by atoms with van der Waals surface area (Å²) >= 11 is 1.23. The average molecular weight is 495 g/mol. The molecule has 0 aliphatic heterocycles. The molecule has 0 spiro atoms. The first kappa shape index (κ1) is 23.2. The van der Waals surface area contributed by atoms with Crippen molar-refractivity contribution in [2.75, 3.05) is 5.75 Å². The topological polar surface area (TPSA) is 124 Å². The molecule has 0 radical (unpaired) electrons. The quantitative estimate of drug-likeness (QED) is 0.343. The number of fused-ring (bicyclic) bond motifs is 3. The predicted octanol–water partition coefficient (Wildman–Crippen LogP) is 2.49. The number of hydrogen-bond donors (Lipinski definition) is 2. The second-order valence-corrected chi connectivity index (χ2v) is 9.48. The van der Waals surface area contributed by atoms with Crippen LogP contribution >= 0.6 is 11.8 Å². The van der Waals surface area contributed by atoms with E-state index in [-0.39, 0.29) is 42.1 Å². The molecule has 1 aromatic carbocycles. The lowest BCUT2D eigenvalue weighted by atomic mass is 10.2. The Morgan fingerprint density at radius 1 is 1.09 bits per heavy atom. The van der Waals surface area contributed by atoms with Gasteiger partial charge in [0.1, 0.15) is 5.76 Å². The Morgan fingerprint density at radius 3 is 2.71 bits per heavy atom. The van der Waals surface area contributed by atoms with Crippen LogP contribution in [0.4, 0.5) is 0 Å². The molecule has 0 bridgehead atoms. The van der Waals surface area contributed by atoms with Gasteiger partial charge in [0.2, 0.25) is 17.6 Å². The maximum Gasteiger partial charge on any atom is 0.262 e. The first-order valence-corrected chi connectivity index (χ1v) is 12.7. The fourth-order valence-electron chi connectivity index (χ4n) is 4.39. The minimum atomic E-state index is -0.220. The van der Waals surface area contributed by atoms with Crippen LogP contribution in [0.3, 0.4) is 0 Å². The van der Waals surface area contributed by atoms with Crippen LogP contribution in [0.1, 0.15) is 37.9 Å². The third-order valence-corrected chi connectivity index (χ3v) is 7.06. The van der Waals surface area contributed by atoms with E-state index >= 15 is 0 Å². The van der Waals surface area contributed by atoms with Crippen LogP contribution < -0.4 is 16.2 Å². The van der Waals surface area contributed by atoms with Crippen molar-refractivity contribution in [2.24, 2.45) is 0 Å². The molecule has 0 unspecified atom stereocenters. The molecule has 11 heteroatoms. The molecule has 1 saturated carbocycles. The standard InChI is InChI=1S/C24H26N6O4S/c31-20(26-16-6-1-2-7-16)11-12-29-22(33)18-9-3-4-10-19(18)30-23(29)27-28-24(30)35-15-21(32)25-14-17-8-5-13-34-17/h3-5,8-10,13,16H,1-2,6-7,11-12,14-15H2,(H,25,32)(H,26,31). The highest BCUT2D eigenvalue weighted by Gasteiger charge is 2.20. The van der Waals surface area contributed by atoms with Gasteiger partial charge in [0, 0.05) is 19.0 Å². The zero-order valence-corrected chi connectivity index (χ0v) is 19.9. The molecule has 35 heavy (non-hydrogen) atoms. The number of carbonyl (C=O) groups is 2. The van der Waals surface area contributed by atoms with E-state index in [9.17, 15) is 14.4 Å². The highest BCUT2D eigenvalue weighted by molar-refractivity contribution is 7.99. The fraction of sp³-hybridized carbons (Fsp3) is 0.375. The minimum Gasteiger partial charge on any atom is -0.467 e. The van der Waals surface area contributed by atoms with Gasteiger partial charge in [0.05, 0.1) is 29.5 Å². The van der Waals surface area contributed by atoms with E-state index in [0.717, 1.165) is 25.7 Å². The Balaban J connectivity index is 1.36. The van der Waals surface area contributed by atoms with Crippen LogP contribution in [0.5, 0.6) is 0 Å². The summed E-state index contributed by atoms with van der Waals surface area (Å²) < 4.78 is 8.50. The normalized spacial score (nSPS) is 14.1. The molecule has 182 valence electrons. The monoisotopic (exact) mass is 494 g/mol. The van der Waals surface area contributed by atoms with Gasteiger partial charge in [-0.3, -0.25) is 23.4 Å². The number of aryl methyl sites for hydroxylation is 1. The van der Waals surface area contributed by atoms with E-state index < -0.39 is 0 Å². The smallest absolute Gasteiger partial charge is 0.262 e. The number of thioether (sulfide) groups is 1. The Hall–Kier alpha value is -3.60. The number of para-hydroxylation sites is 1. The second kappa shape index (κ2) is 10.3. The molecular weight excluding hydrogens is 468 g/mol. The number of amides is 2. The Labute approximate surface area is 205 Å². The van der Waals surface area contributed by atoms with E-state index in [1.165, 1.54) is 16.3 Å². The molecule has 1 aliphatic carbocycles. The van der Waals surface area contributed by atoms with Crippen molar-refractivity contribution < 1.29 is 14.0 Å². The summed E-state index contributed by atoms with van der Waals surface area (Å²) in [4.78, 5) is 38.1. The summed E-state index contributed by atoms with van der Waals surface area (Å²) in [5, 5.41) is 15.4. The molecule has 0 atom stereocenters. The lowest BCUT2D eigenvalue weighted by molar-refractivity contribution is -0.122. The third kappa shape index (κ3) is 5.09. The summed E-state index contributed by atoms with van der Waals surface area (Å²) in [5.74, 6) is 0.893. The van der Waals surface area contributed by atoms with Crippen molar-refractivity contribution in [2.45, 2.75) is 56.4 Å². The van der Waals surface area contributed by atoms with E-state index in [0.29, 0.717) is 34.1 Å². The maximum atomic E-state index is 13.2. The minimum absolute atomic E-state index is 0.0718. The zero-order chi connectivity index (χ0) is 24.2. The third-order valence-electron chi connectivity index (χ3n) is 6.13. The van der Waals surface area contributed by atoms with E-state index in [4.69, 9.17) is 4.42 Å². The molecule has 2 amide bonds. The van der Waals surface area contributed by atoms with Gasteiger partial charge in [-0.1, -0.05) is 36.7 Å². The zero-order valence-electron chi connectivity index (χ0n) is 19.1. The van der Waals surface area contributed by atoms with Crippen LogP contribution in [0.15, 0.2) is 57.0 Å². The maximum absolute atomic E-state index is 13.2. The average Bonchev–Trinajstić information content (AvgIpc) is 3.64. The van der Waals surface area contributed by atoms with Gasteiger partial charge in [-0.2, -0.15) is 0 Å². The number of nitrogens with zero attached hydrogens (tertiary/aromatic N) is 4. The van der Waals surface area contributed by atoms with Gasteiger partial charge < -0.3 is 15.1 Å². The number of rotatable bonds is 9. The number of carbonyl (C=O) groups excluding carboxylic acids is 2. The number of hydrogen-bond acceptors (Lipinski definition) is 7. The van der Waals surface area contributed by atoms with Crippen LogP contribution in [0.25, 0.3) is 16.7 Å². The summed E-state index contributed by atoms with van der Waals surface area (Å²) in [6, 6.07) is 11.0.